The summed E-state index contributed by atoms with van der Waals surface area (Å²) in [6, 6.07) is 12.1. The maximum Gasteiger partial charge on any atom is 0.306 e. The number of halogens is 2. The van der Waals surface area contributed by atoms with Crippen LogP contribution in [0, 0.1) is 0 Å². The molecule has 1 unspecified atom stereocenters. The van der Waals surface area contributed by atoms with Gasteiger partial charge in [-0.1, -0.05) is 41.4 Å². The molecule has 1 N–H and O–H groups in total. The van der Waals surface area contributed by atoms with Crippen LogP contribution in [0.2, 0.25) is 10.0 Å². The average Bonchev–Trinajstić information content (AvgIpc) is 2.63. The predicted octanol–water partition coefficient (Wildman–Crippen LogP) is 4.51. The topological polar surface area (TPSA) is 64.6 Å². The van der Waals surface area contributed by atoms with Gasteiger partial charge in [-0.05, 0) is 43.2 Å². The molecule has 1 atom stereocenters. The number of aryl methyl sites for hydroxylation is 1. The smallest absolute Gasteiger partial charge is 0.306 e. The first kappa shape index (κ1) is 20.1. The summed E-state index contributed by atoms with van der Waals surface area (Å²) in [4.78, 5) is 24.2. The van der Waals surface area contributed by atoms with E-state index in [1.807, 2.05) is 24.3 Å². The molecule has 0 heterocycles. The highest BCUT2D eigenvalue weighted by Crippen LogP contribution is 2.25. The van der Waals surface area contributed by atoms with Gasteiger partial charge in [0, 0.05) is 11.4 Å². The number of esters is 1. The Morgan fingerprint density at radius 2 is 1.88 bits per heavy atom. The minimum absolute atomic E-state index is 0.135. The van der Waals surface area contributed by atoms with E-state index in [9.17, 15) is 9.59 Å². The van der Waals surface area contributed by atoms with Gasteiger partial charge < -0.3 is 14.8 Å². The van der Waals surface area contributed by atoms with Crippen LogP contribution in [0.25, 0.3) is 0 Å². The largest absolute Gasteiger partial charge is 0.496 e. The minimum atomic E-state index is -0.963. The van der Waals surface area contributed by atoms with Crippen molar-refractivity contribution in [3.05, 3.63) is 58.1 Å². The summed E-state index contributed by atoms with van der Waals surface area (Å²) in [6.07, 6.45) is -0.372. The summed E-state index contributed by atoms with van der Waals surface area (Å²) in [5.74, 6) is -0.253. The highest BCUT2D eigenvalue weighted by Gasteiger charge is 2.19. The van der Waals surface area contributed by atoms with Crippen molar-refractivity contribution >= 4 is 40.8 Å². The Hall–Kier alpha value is -2.24. The first-order chi connectivity index (χ1) is 12.4. The number of rotatable bonds is 7. The van der Waals surface area contributed by atoms with Crippen LogP contribution in [0.3, 0.4) is 0 Å². The number of hydrogen-bond acceptors (Lipinski definition) is 4. The third-order valence-electron chi connectivity index (χ3n) is 3.65. The average molecular weight is 396 g/mol. The van der Waals surface area contributed by atoms with Gasteiger partial charge in [-0.3, -0.25) is 9.59 Å². The molecule has 0 spiro atoms. The molecule has 0 radical (unpaired) electrons. The number of nitrogens with one attached hydrogen (secondary N) is 1. The molecule has 0 saturated heterocycles. The number of ether oxygens (including phenoxy) is 2. The zero-order valence-electron chi connectivity index (χ0n) is 14.4. The van der Waals surface area contributed by atoms with Gasteiger partial charge in [-0.25, -0.2) is 0 Å². The summed E-state index contributed by atoms with van der Waals surface area (Å²) in [5, 5.41) is 3.38. The monoisotopic (exact) mass is 395 g/mol. The predicted molar refractivity (Wildman–Crippen MR) is 102 cm³/mol. The second-order valence-corrected chi connectivity index (χ2v) is 6.40. The minimum Gasteiger partial charge on any atom is -0.496 e. The van der Waals surface area contributed by atoms with Crippen molar-refractivity contribution in [1.29, 1.82) is 0 Å². The molecule has 2 aromatic rings. The van der Waals surface area contributed by atoms with Crippen molar-refractivity contribution in [3.63, 3.8) is 0 Å². The maximum absolute atomic E-state index is 12.2. The number of benzene rings is 2. The summed E-state index contributed by atoms with van der Waals surface area (Å²) in [7, 11) is 1.57. The molecular weight excluding hydrogens is 377 g/mol. The molecule has 26 heavy (non-hydrogen) atoms. The zero-order valence-corrected chi connectivity index (χ0v) is 15.9. The fourth-order valence-corrected chi connectivity index (χ4v) is 2.62. The number of hydrogen-bond donors (Lipinski definition) is 1. The van der Waals surface area contributed by atoms with E-state index in [4.69, 9.17) is 32.7 Å². The Kier molecular flexibility index (Phi) is 7.30. The molecule has 2 aromatic carbocycles. The molecule has 0 saturated carbocycles. The fourth-order valence-electron chi connectivity index (χ4n) is 2.28. The van der Waals surface area contributed by atoms with E-state index >= 15 is 0 Å². The standard InChI is InChI=1S/C19H19Cl2NO4/c1-12(19(24)22-16-11-14(20)8-9-15(16)21)26-18(23)10-7-13-5-3-4-6-17(13)25-2/h3-6,8-9,11-12H,7,10H2,1-2H3,(H,22,24). The van der Waals surface area contributed by atoms with Crippen molar-refractivity contribution in [2.45, 2.75) is 25.9 Å². The molecule has 0 aromatic heterocycles. The molecule has 0 bridgehead atoms. The van der Waals surface area contributed by atoms with Gasteiger partial charge in [-0.2, -0.15) is 0 Å². The van der Waals surface area contributed by atoms with Crippen LogP contribution >= 0.6 is 23.2 Å². The summed E-state index contributed by atoms with van der Waals surface area (Å²) >= 11 is 11.9. The summed E-state index contributed by atoms with van der Waals surface area (Å²) < 4.78 is 10.4. The SMILES string of the molecule is COc1ccccc1CCC(=O)OC(C)C(=O)Nc1cc(Cl)ccc1Cl. The normalized spacial score (nSPS) is 11.5. The lowest BCUT2D eigenvalue weighted by molar-refractivity contribution is -0.153. The molecule has 5 nitrogen and oxygen atoms in total. The van der Waals surface area contributed by atoms with Crippen LogP contribution in [-0.4, -0.2) is 25.1 Å². The molecule has 1 amide bonds. The third kappa shape index (κ3) is 5.64. The lowest BCUT2D eigenvalue weighted by Gasteiger charge is -2.15. The Morgan fingerprint density at radius 1 is 1.15 bits per heavy atom. The Balaban J connectivity index is 1.88. The summed E-state index contributed by atoms with van der Waals surface area (Å²) in [5.41, 5.74) is 1.26. The highest BCUT2D eigenvalue weighted by atomic mass is 35.5. The van der Waals surface area contributed by atoms with Crippen molar-refractivity contribution < 1.29 is 19.1 Å². The van der Waals surface area contributed by atoms with Gasteiger partial charge in [0.15, 0.2) is 6.10 Å². The van der Waals surface area contributed by atoms with E-state index in [2.05, 4.69) is 5.32 Å². The van der Waals surface area contributed by atoms with E-state index < -0.39 is 18.0 Å². The van der Waals surface area contributed by atoms with E-state index in [-0.39, 0.29) is 6.42 Å². The van der Waals surface area contributed by atoms with Crippen molar-refractivity contribution in [1.82, 2.24) is 0 Å². The van der Waals surface area contributed by atoms with E-state index in [0.717, 1.165) is 5.56 Å². The van der Waals surface area contributed by atoms with Crippen LogP contribution in [0.15, 0.2) is 42.5 Å². The van der Waals surface area contributed by atoms with Crippen LogP contribution in [-0.2, 0) is 20.7 Å². The second-order valence-electron chi connectivity index (χ2n) is 5.56. The van der Waals surface area contributed by atoms with Gasteiger partial charge in [0.1, 0.15) is 5.75 Å². The quantitative estimate of drug-likeness (QED) is 0.700. The van der Waals surface area contributed by atoms with Gasteiger partial charge in [0.25, 0.3) is 5.91 Å². The number of methoxy groups -OCH3 is 1. The number of para-hydroxylation sites is 1. The summed E-state index contributed by atoms with van der Waals surface area (Å²) in [6.45, 7) is 1.49. The van der Waals surface area contributed by atoms with Gasteiger partial charge in [0.05, 0.1) is 17.8 Å². The van der Waals surface area contributed by atoms with Crippen molar-refractivity contribution in [3.8, 4) is 5.75 Å². The second kappa shape index (κ2) is 9.46. The Labute approximate surface area is 162 Å². The van der Waals surface area contributed by atoms with Crippen LogP contribution in [0.4, 0.5) is 5.69 Å². The van der Waals surface area contributed by atoms with E-state index in [1.165, 1.54) is 13.0 Å². The molecule has 0 aliphatic rings. The third-order valence-corrected chi connectivity index (χ3v) is 4.22. The molecule has 0 fully saturated rings. The van der Waals surface area contributed by atoms with Gasteiger partial charge in [-0.15, -0.1) is 0 Å². The number of amides is 1. The van der Waals surface area contributed by atoms with Crippen molar-refractivity contribution in [2.24, 2.45) is 0 Å². The zero-order chi connectivity index (χ0) is 19.1. The number of carbonyl (C=O) groups excluding carboxylic acids is 2. The molecule has 0 aliphatic carbocycles. The number of anilines is 1. The fraction of sp³-hybridized carbons (Fsp3) is 0.263. The van der Waals surface area contributed by atoms with Gasteiger partial charge >= 0.3 is 5.97 Å². The molecule has 0 aliphatic heterocycles. The Morgan fingerprint density at radius 3 is 2.62 bits per heavy atom. The molecule has 138 valence electrons. The van der Waals surface area contributed by atoms with E-state index in [1.54, 1.807) is 19.2 Å². The molecular formula is C19H19Cl2NO4. The first-order valence-electron chi connectivity index (χ1n) is 7.98. The Bertz CT molecular complexity index is 795. The first-order valence-corrected chi connectivity index (χ1v) is 8.73. The van der Waals surface area contributed by atoms with Gasteiger partial charge in [0.2, 0.25) is 0 Å². The lowest BCUT2D eigenvalue weighted by atomic mass is 10.1. The van der Waals surface area contributed by atoms with Crippen LogP contribution < -0.4 is 10.1 Å². The van der Waals surface area contributed by atoms with E-state index in [0.29, 0.717) is 27.9 Å². The highest BCUT2D eigenvalue weighted by molar-refractivity contribution is 6.35. The maximum atomic E-state index is 12.2. The van der Waals surface area contributed by atoms with Crippen LogP contribution in [0.1, 0.15) is 18.9 Å². The molecule has 2 rings (SSSR count). The van der Waals surface area contributed by atoms with Crippen molar-refractivity contribution in [2.75, 3.05) is 12.4 Å². The lowest BCUT2D eigenvalue weighted by Crippen LogP contribution is -2.30. The molecule has 7 heteroatoms. The van der Waals surface area contributed by atoms with Crippen LogP contribution in [0.5, 0.6) is 5.75 Å². The number of carbonyl (C=O) groups is 2.